The molecule has 0 heterocycles. The van der Waals surface area contributed by atoms with E-state index in [-0.39, 0.29) is 58.3 Å². The van der Waals surface area contributed by atoms with Crippen LogP contribution in [0.4, 0.5) is 5.69 Å². The number of rotatable bonds is 4. The molecule has 1 aromatic rings. The first-order valence-electron chi connectivity index (χ1n) is 16.7. The number of ketones is 1. The van der Waals surface area contributed by atoms with Gasteiger partial charge in [0.05, 0.1) is 16.1 Å². The standard InChI is InChI=1S/C37H50ClNO4/c1-21(2)31-27(41)20-37(33(42)39-26-11-9-8-10-25(26)38)19-14-24-23(32(31)37)12-13-29-35(24,6)17-15-28-34(4,5)30(43-22(3)40)16-18-36(28,29)7/h8-11,21,23-24,28-30H,12-20H2,1-7H3,(H,39,42)/t23?,24?,28?,29?,30-,35-,36-,37+/m0/s1. The number of fused-ring (bicyclic) bond motifs is 7. The zero-order chi connectivity index (χ0) is 31.1. The van der Waals surface area contributed by atoms with Gasteiger partial charge in [-0.15, -0.1) is 0 Å². The quantitative estimate of drug-likeness (QED) is 0.347. The molecule has 6 heteroatoms. The normalized spacial score (nSPS) is 39.8. The molecule has 0 spiro atoms. The molecule has 1 N–H and O–H groups in total. The van der Waals surface area contributed by atoms with Gasteiger partial charge >= 0.3 is 5.97 Å². The smallest absolute Gasteiger partial charge is 0.302 e. The number of hydrogen-bond donors (Lipinski definition) is 1. The van der Waals surface area contributed by atoms with Crippen molar-refractivity contribution in [3.05, 3.63) is 40.4 Å². The van der Waals surface area contributed by atoms with Crippen LogP contribution >= 0.6 is 11.6 Å². The van der Waals surface area contributed by atoms with Gasteiger partial charge in [-0.2, -0.15) is 0 Å². The number of amides is 1. The van der Waals surface area contributed by atoms with Crippen LogP contribution in [0.25, 0.3) is 0 Å². The largest absolute Gasteiger partial charge is 0.462 e. The topological polar surface area (TPSA) is 72.5 Å². The van der Waals surface area contributed by atoms with Crippen molar-refractivity contribution in [3.63, 3.8) is 0 Å². The van der Waals surface area contributed by atoms with Crippen molar-refractivity contribution in [2.75, 3.05) is 5.32 Å². The van der Waals surface area contributed by atoms with Crippen molar-refractivity contribution >= 4 is 34.9 Å². The molecular weight excluding hydrogens is 558 g/mol. The van der Waals surface area contributed by atoms with Crippen LogP contribution in [0.3, 0.4) is 0 Å². The maximum Gasteiger partial charge on any atom is 0.302 e. The van der Waals surface area contributed by atoms with Gasteiger partial charge in [-0.1, -0.05) is 65.3 Å². The molecule has 5 nitrogen and oxygen atoms in total. The van der Waals surface area contributed by atoms with Crippen LogP contribution in [0.2, 0.25) is 5.02 Å². The maximum atomic E-state index is 14.3. The Labute approximate surface area is 262 Å². The SMILES string of the molecule is CC(=O)O[C@H]1CC[C@@]2(C)C(CC[C@@]3(C)C4CC[C@@]5(C(=O)Nc6ccccc6Cl)CC(=O)C(C(C)C)=C5C4CCC32)C1(C)C. The Balaban J connectivity index is 1.35. The number of anilines is 1. The van der Waals surface area contributed by atoms with E-state index < -0.39 is 5.41 Å². The summed E-state index contributed by atoms with van der Waals surface area (Å²) in [5, 5.41) is 3.68. The third kappa shape index (κ3) is 4.49. The van der Waals surface area contributed by atoms with Crippen molar-refractivity contribution in [2.24, 2.45) is 51.2 Å². The molecule has 4 saturated carbocycles. The summed E-state index contributed by atoms with van der Waals surface area (Å²) in [6.45, 7) is 15.5. The molecule has 8 atom stereocenters. The summed E-state index contributed by atoms with van der Waals surface area (Å²) in [6, 6.07) is 7.38. The Hall–Kier alpha value is -2.14. The fourth-order valence-corrected chi connectivity index (χ4v) is 12.0. The molecule has 234 valence electrons. The fraction of sp³-hybridized carbons (Fsp3) is 0.703. The second-order valence-corrected chi connectivity index (χ2v) is 16.4. The van der Waals surface area contributed by atoms with E-state index in [0.717, 1.165) is 50.5 Å². The van der Waals surface area contributed by atoms with Crippen LogP contribution in [0.15, 0.2) is 35.4 Å². The molecule has 0 saturated heterocycles. The fourth-order valence-electron chi connectivity index (χ4n) is 11.8. The Morgan fingerprint density at radius 2 is 1.63 bits per heavy atom. The van der Waals surface area contributed by atoms with Crippen molar-refractivity contribution in [1.29, 1.82) is 0 Å². The second kappa shape index (κ2) is 10.5. The van der Waals surface area contributed by atoms with Crippen molar-refractivity contribution in [2.45, 2.75) is 112 Å². The van der Waals surface area contributed by atoms with Gasteiger partial charge in [0.1, 0.15) is 6.10 Å². The van der Waals surface area contributed by atoms with Crippen LogP contribution in [0.5, 0.6) is 0 Å². The van der Waals surface area contributed by atoms with Crippen LogP contribution < -0.4 is 5.32 Å². The number of ether oxygens (including phenoxy) is 1. The minimum Gasteiger partial charge on any atom is -0.462 e. The average molecular weight is 608 g/mol. The van der Waals surface area contributed by atoms with Gasteiger partial charge in [-0.3, -0.25) is 14.4 Å². The van der Waals surface area contributed by atoms with E-state index in [4.69, 9.17) is 16.3 Å². The van der Waals surface area contributed by atoms with Crippen molar-refractivity contribution in [1.82, 2.24) is 0 Å². The second-order valence-electron chi connectivity index (χ2n) is 16.0. The molecule has 1 aromatic carbocycles. The third-order valence-electron chi connectivity index (χ3n) is 13.4. The molecule has 0 aromatic heterocycles. The lowest BCUT2D eigenvalue weighted by Gasteiger charge is -2.68. The number of carbonyl (C=O) groups is 3. The van der Waals surface area contributed by atoms with E-state index in [2.05, 4.69) is 46.9 Å². The molecule has 1 amide bonds. The average Bonchev–Trinajstić information content (AvgIpc) is 3.25. The predicted molar refractivity (Wildman–Crippen MR) is 170 cm³/mol. The van der Waals surface area contributed by atoms with E-state index in [9.17, 15) is 14.4 Å². The number of nitrogens with one attached hydrogen (secondary N) is 1. The monoisotopic (exact) mass is 607 g/mol. The van der Waals surface area contributed by atoms with E-state index in [0.29, 0.717) is 34.9 Å². The van der Waals surface area contributed by atoms with Gasteiger partial charge in [0.2, 0.25) is 5.91 Å². The molecule has 0 bridgehead atoms. The Bertz CT molecular complexity index is 1380. The summed E-state index contributed by atoms with van der Waals surface area (Å²) in [4.78, 5) is 40.0. The first kappa shape index (κ1) is 30.9. The molecular formula is C37H50ClNO4. The minimum atomic E-state index is -0.786. The lowest BCUT2D eigenvalue weighted by molar-refractivity contribution is -0.212. The summed E-state index contributed by atoms with van der Waals surface area (Å²) in [6.07, 6.45) is 8.35. The molecule has 5 aliphatic carbocycles. The number of para-hydroxylation sites is 1. The van der Waals surface area contributed by atoms with Crippen molar-refractivity contribution in [3.8, 4) is 0 Å². The van der Waals surface area contributed by atoms with Crippen LogP contribution in [-0.4, -0.2) is 23.8 Å². The molecule has 6 rings (SSSR count). The highest BCUT2D eigenvalue weighted by atomic mass is 35.5. The van der Waals surface area contributed by atoms with Gasteiger partial charge in [0.15, 0.2) is 5.78 Å². The lowest BCUT2D eigenvalue weighted by Crippen LogP contribution is -2.63. The number of halogens is 1. The number of benzene rings is 1. The molecule has 4 unspecified atom stereocenters. The van der Waals surface area contributed by atoms with Gasteiger partial charge in [0, 0.05) is 18.8 Å². The maximum absolute atomic E-state index is 14.3. The lowest BCUT2D eigenvalue weighted by atomic mass is 9.36. The summed E-state index contributed by atoms with van der Waals surface area (Å²) >= 11 is 6.47. The number of carbonyl (C=O) groups excluding carboxylic acids is 3. The summed E-state index contributed by atoms with van der Waals surface area (Å²) < 4.78 is 5.90. The molecule has 43 heavy (non-hydrogen) atoms. The minimum absolute atomic E-state index is 0.0287. The van der Waals surface area contributed by atoms with Gasteiger partial charge in [0.25, 0.3) is 0 Å². The first-order chi connectivity index (χ1) is 20.2. The number of hydrogen-bond acceptors (Lipinski definition) is 4. The first-order valence-corrected chi connectivity index (χ1v) is 17.1. The van der Waals surface area contributed by atoms with Gasteiger partial charge in [-0.05, 0) is 115 Å². The number of esters is 1. The predicted octanol–water partition coefficient (Wildman–Crippen LogP) is 8.80. The Morgan fingerprint density at radius 1 is 0.930 bits per heavy atom. The molecule has 4 fully saturated rings. The highest BCUT2D eigenvalue weighted by Gasteiger charge is 2.67. The van der Waals surface area contributed by atoms with E-state index in [1.807, 2.05) is 18.2 Å². The summed E-state index contributed by atoms with van der Waals surface area (Å²) in [5.41, 5.74) is 2.17. The van der Waals surface area contributed by atoms with Crippen LogP contribution in [0.1, 0.15) is 106 Å². The van der Waals surface area contributed by atoms with Crippen LogP contribution in [-0.2, 0) is 19.1 Å². The van der Waals surface area contributed by atoms with E-state index >= 15 is 0 Å². The van der Waals surface area contributed by atoms with Gasteiger partial charge < -0.3 is 10.1 Å². The molecule has 5 aliphatic rings. The van der Waals surface area contributed by atoms with E-state index in [1.54, 1.807) is 6.07 Å². The number of allylic oxidation sites excluding steroid dienone is 1. The zero-order valence-corrected chi connectivity index (χ0v) is 27.9. The number of Topliss-reactive ketones (excluding diaryl/α,β-unsaturated/α-hetero) is 1. The van der Waals surface area contributed by atoms with Crippen molar-refractivity contribution < 1.29 is 19.1 Å². The molecule has 0 aliphatic heterocycles. The van der Waals surface area contributed by atoms with Crippen LogP contribution in [0, 0.1) is 51.2 Å². The Kier molecular flexibility index (Phi) is 7.51. The molecule has 0 radical (unpaired) electrons. The summed E-state index contributed by atoms with van der Waals surface area (Å²) in [7, 11) is 0. The van der Waals surface area contributed by atoms with E-state index in [1.165, 1.54) is 12.5 Å². The van der Waals surface area contributed by atoms with Gasteiger partial charge in [-0.25, -0.2) is 0 Å². The zero-order valence-electron chi connectivity index (χ0n) is 27.1. The Morgan fingerprint density at radius 3 is 2.30 bits per heavy atom. The highest BCUT2D eigenvalue weighted by Crippen LogP contribution is 2.73. The summed E-state index contributed by atoms with van der Waals surface area (Å²) in [5.74, 6) is 1.79. The highest BCUT2D eigenvalue weighted by molar-refractivity contribution is 6.33. The third-order valence-corrected chi connectivity index (χ3v) is 13.7.